The highest BCUT2D eigenvalue weighted by atomic mass is 19.4. The molecule has 0 saturated heterocycles. The van der Waals surface area contributed by atoms with E-state index < -0.39 is 11.7 Å². The standard InChI is InChI=1S/C16H9F3N2/c17-16(18,19)13-4-2-11(3-5-13)15-8-12-7-10(9-20)1-6-14(12)21-15/h1-8,21H. The fourth-order valence-corrected chi connectivity index (χ4v) is 2.20. The summed E-state index contributed by atoms with van der Waals surface area (Å²) in [7, 11) is 0. The topological polar surface area (TPSA) is 39.6 Å². The van der Waals surface area contributed by atoms with Crippen molar-refractivity contribution in [2.75, 3.05) is 0 Å². The van der Waals surface area contributed by atoms with E-state index in [9.17, 15) is 13.2 Å². The van der Waals surface area contributed by atoms with Crippen LogP contribution in [-0.2, 0) is 6.18 Å². The Hall–Kier alpha value is -2.74. The molecule has 0 aliphatic heterocycles. The van der Waals surface area contributed by atoms with Gasteiger partial charge in [-0.2, -0.15) is 18.4 Å². The zero-order valence-corrected chi connectivity index (χ0v) is 10.7. The normalized spacial score (nSPS) is 11.5. The van der Waals surface area contributed by atoms with Gasteiger partial charge in [-0.15, -0.1) is 0 Å². The van der Waals surface area contributed by atoms with Crippen LogP contribution >= 0.6 is 0 Å². The highest BCUT2D eigenvalue weighted by Crippen LogP contribution is 2.31. The van der Waals surface area contributed by atoms with Crippen LogP contribution in [-0.4, -0.2) is 4.98 Å². The molecule has 0 unspecified atom stereocenters. The maximum Gasteiger partial charge on any atom is 0.416 e. The Bertz CT molecular complexity index is 837. The molecule has 0 amide bonds. The third kappa shape index (κ3) is 2.48. The number of benzene rings is 2. The molecule has 0 aliphatic rings. The Kier molecular flexibility index (Phi) is 2.95. The van der Waals surface area contributed by atoms with Crippen molar-refractivity contribution in [3.63, 3.8) is 0 Å². The number of alkyl halides is 3. The lowest BCUT2D eigenvalue weighted by Crippen LogP contribution is -2.03. The summed E-state index contributed by atoms with van der Waals surface area (Å²) in [6.07, 6.45) is -4.33. The zero-order valence-electron chi connectivity index (χ0n) is 10.7. The first-order chi connectivity index (χ1) is 9.97. The number of aromatic amines is 1. The molecule has 2 aromatic carbocycles. The first-order valence-corrected chi connectivity index (χ1v) is 6.18. The van der Waals surface area contributed by atoms with E-state index in [1.165, 1.54) is 12.1 Å². The molecule has 1 aromatic heterocycles. The Morgan fingerprint density at radius 3 is 2.29 bits per heavy atom. The molecule has 21 heavy (non-hydrogen) atoms. The van der Waals surface area contributed by atoms with E-state index in [1.807, 2.05) is 6.07 Å². The number of nitrogens with one attached hydrogen (secondary N) is 1. The van der Waals surface area contributed by atoms with E-state index in [0.29, 0.717) is 16.8 Å². The molecule has 0 bridgehead atoms. The first-order valence-electron chi connectivity index (χ1n) is 6.18. The number of hydrogen-bond acceptors (Lipinski definition) is 1. The molecule has 104 valence electrons. The predicted molar refractivity (Wildman–Crippen MR) is 73.5 cm³/mol. The number of H-pyrrole nitrogens is 1. The van der Waals surface area contributed by atoms with E-state index >= 15 is 0 Å². The average molecular weight is 286 g/mol. The third-order valence-electron chi connectivity index (χ3n) is 3.27. The van der Waals surface area contributed by atoms with Gasteiger partial charge in [0.25, 0.3) is 0 Å². The number of nitriles is 1. The van der Waals surface area contributed by atoms with E-state index in [0.717, 1.165) is 23.0 Å². The highest BCUT2D eigenvalue weighted by Gasteiger charge is 2.29. The molecule has 0 saturated carbocycles. The highest BCUT2D eigenvalue weighted by molar-refractivity contribution is 5.86. The van der Waals surface area contributed by atoms with Crippen LogP contribution in [0.15, 0.2) is 48.5 Å². The summed E-state index contributed by atoms with van der Waals surface area (Å²) < 4.78 is 37.6. The largest absolute Gasteiger partial charge is 0.416 e. The molecule has 0 radical (unpaired) electrons. The van der Waals surface area contributed by atoms with Crippen LogP contribution < -0.4 is 0 Å². The molecule has 0 aliphatic carbocycles. The van der Waals surface area contributed by atoms with Crippen molar-refractivity contribution in [3.8, 4) is 17.3 Å². The van der Waals surface area contributed by atoms with Crippen molar-refractivity contribution in [1.82, 2.24) is 4.98 Å². The third-order valence-corrected chi connectivity index (χ3v) is 3.27. The molecular formula is C16H9F3N2. The fourth-order valence-electron chi connectivity index (χ4n) is 2.20. The van der Waals surface area contributed by atoms with E-state index in [4.69, 9.17) is 5.26 Å². The first kappa shape index (κ1) is 13.3. The lowest BCUT2D eigenvalue weighted by Gasteiger charge is -2.06. The van der Waals surface area contributed by atoms with Crippen LogP contribution in [0.1, 0.15) is 11.1 Å². The van der Waals surface area contributed by atoms with Crippen LogP contribution in [0, 0.1) is 11.3 Å². The van der Waals surface area contributed by atoms with Crippen molar-refractivity contribution in [2.24, 2.45) is 0 Å². The number of nitrogens with zero attached hydrogens (tertiary/aromatic N) is 1. The molecule has 3 rings (SSSR count). The monoisotopic (exact) mass is 286 g/mol. The molecule has 0 fully saturated rings. The Labute approximate surface area is 118 Å². The Balaban J connectivity index is 2.02. The summed E-state index contributed by atoms with van der Waals surface area (Å²) in [6, 6.07) is 14.0. The van der Waals surface area contributed by atoms with Gasteiger partial charge in [0.1, 0.15) is 0 Å². The van der Waals surface area contributed by atoms with Crippen molar-refractivity contribution in [1.29, 1.82) is 5.26 Å². The number of halogens is 3. The molecule has 1 N–H and O–H groups in total. The second-order valence-electron chi connectivity index (χ2n) is 4.67. The molecule has 1 heterocycles. The van der Waals surface area contributed by atoms with Crippen molar-refractivity contribution in [3.05, 3.63) is 59.7 Å². The number of aromatic nitrogens is 1. The molecular weight excluding hydrogens is 277 g/mol. The minimum absolute atomic E-state index is 0.542. The zero-order chi connectivity index (χ0) is 15.0. The van der Waals surface area contributed by atoms with Gasteiger partial charge in [-0.05, 0) is 42.0 Å². The fraction of sp³-hybridized carbons (Fsp3) is 0.0625. The number of fused-ring (bicyclic) bond motifs is 1. The van der Waals surface area contributed by atoms with Crippen LogP contribution in [0.25, 0.3) is 22.2 Å². The SMILES string of the molecule is N#Cc1ccc2[nH]c(-c3ccc(C(F)(F)F)cc3)cc2c1. The van der Waals surface area contributed by atoms with Gasteiger partial charge in [-0.25, -0.2) is 0 Å². The average Bonchev–Trinajstić information content (AvgIpc) is 2.89. The van der Waals surface area contributed by atoms with Gasteiger partial charge >= 0.3 is 6.18 Å². The van der Waals surface area contributed by atoms with Crippen molar-refractivity contribution in [2.45, 2.75) is 6.18 Å². The van der Waals surface area contributed by atoms with Gasteiger partial charge in [0.05, 0.1) is 17.2 Å². The summed E-state index contributed by atoms with van der Waals surface area (Å²) in [5, 5.41) is 9.71. The molecule has 0 spiro atoms. The van der Waals surface area contributed by atoms with E-state index in [-0.39, 0.29) is 0 Å². The molecule has 0 atom stereocenters. The van der Waals surface area contributed by atoms with Gasteiger partial charge in [-0.3, -0.25) is 0 Å². The van der Waals surface area contributed by atoms with Crippen LogP contribution in [0.4, 0.5) is 13.2 Å². The van der Waals surface area contributed by atoms with Crippen LogP contribution in [0.3, 0.4) is 0 Å². The summed E-state index contributed by atoms with van der Waals surface area (Å²) >= 11 is 0. The van der Waals surface area contributed by atoms with Gasteiger partial charge < -0.3 is 4.98 Å². The summed E-state index contributed by atoms with van der Waals surface area (Å²) in [5.74, 6) is 0. The summed E-state index contributed by atoms with van der Waals surface area (Å²) in [5.41, 5.74) is 2.09. The smallest absolute Gasteiger partial charge is 0.355 e. The second-order valence-corrected chi connectivity index (χ2v) is 4.67. The van der Waals surface area contributed by atoms with Gasteiger partial charge in [0, 0.05) is 16.6 Å². The van der Waals surface area contributed by atoms with Crippen LogP contribution in [0.2, 0.25) is 0 Å². The van der Waals surface area contributed by atoms with Gasteiger partial charge in [0.2, 0.25) is 0 Å². The minimum Gasteiger partial charge on any atom is -0.355 e. The second kappa shape index (κ2) is 4.67. The van der Waals surface area contributed by atoms with E-state index in [1.54, 1.807) is 18.2 Å². The minimum atomic E-state index is -4.33. The van der Waals surface area contributed by atoms with Crippen LogP contribution in [0.5, 0.6) is 0 Å². The maximum absolute atomic E-state index is 12.5. The maximum atomic E-state index is 12.5. The Morgan fingerprint density at radius 1 is 0.952 bits per heavy atom. The lowest BCUT2D eigenvalue weighted by atomic mass is 10.1. The quantitative estimate of drug-likeness (QED) is 0.690. The van der Waals surface area contributed by atoms with Crippen molar-refractivity contribution >= 4 is 10.9 Å². The predicted octanol–water partition coefficient (Wildman–Crippen LogP) is 4.73. The molecule has 5 heteroatoms. The van der Waals surface area contributed by atoms with Gasteiger partial charge in [0.15, 0.2) is 0 Å². The van der Waals surface area contributed by atoms with E-state index in [2.05, 4.69) is 11.1 Å². The van der Waals surface area contributed by atoms with Crippen molar-refractivity contribution < 1.29 is 13.2 Å². The number of rotatable bonds is 1. The lowest BCUT2D eigenvalue weighted by molar-refractivity contribution is -0.137. The Morgan fingerprint density at radius 2 is 1.67 bits per heavy atom. The number of hydrogen-bond donors (Lipinski definition) is 1. The molecule has 2 nitrogen and oxygen atoms in total. The summed E-state index contributed by atoms with van der Waals surface area (Å²) in [4.78, 5) is 3.13. The van der Waals surface area contributed by atoms with Gasteiger partial charge in [-0.1, -0.05) is 12.1 Å². The molecule has 3 aromatic rings. The summed E-state index contributed by atoms with van der Waals surface area (Å²) in [6.45, 7) is 0.